The van der Waals surface area contributed by atoms with Gasteiger partial charge in [0.2, 0.25) is 0 Å². The molecule has 0 amide bonds. The van der Waals surface area contributed by atoms with Crippen molar-refractivity contribution in [1.29, 1.82) is 0 Å². The van der Waals surface area contributed by atoms with Gasteiger partial charge in [-0.2, -0.15) is 5.10 Å². The van der Waals surface area contributed by atoms with Gasteiger partial charge >= 0.3 is 0 Å². The molecule has 0 unspecified atom stereocenters. The van der Waals surface area contributed by atoms with Crippen molar-refractivity contribution in [2.45, 2.75) is 27.3 Å². The molecule has 0 radical (unpaired) electrons. The van der Waals surface area contributed by atoms with Gasteiger partial charge in [-0.3, -0.25) is 4.68 Å². The summed E-state index contributed by atoms with van der Waals surface area (Å²) in [6.45, 7) is 11.7. The van der Waals surface area contributed by atoms with Crippen molar-refractivity contribution < 1.29 is 0 Å². The largest absolute Gasteiger partial charge is 0.310 e. The molecule has 0 bridgehead atoms. The lowest BCUT2D eigenvalue weighted by Gasteiger charge is -2.17. The Bertz CT molecular complexity index is 302. The highest BCUT2D eigenvalue weighted by molar-refractivity contribution is 5.08. The fraction of sp³-hybridized carbons (Fsp3) is 0.750. The molecule has 0 aliphatic rings. The third-order valence-electron chi connectivity index (χ3n) is 2.90. The van der Waals surface area contributed by atoms with Gasteiger partial charge in [-0.15, -0.1) is 0 Å². The molecular weight excluding hydrogens is 200 g/mol. The molecule has 0 atom stereocenters. The fourth-order valence-corrected chi connectivity index (χ4v) is 1.82. The molecule has 0 saturated heterocycles. The van der Waals surface area contributed by atoms with Crippen LogP contribution in [0.25, 0.3) is 0 Å². The molecule has 0 aromatic carbocycles. The number of hydrogen-bond donors (Lipinski definition) is 1. The normalized spacial score (nSPS) is 11.3. The molecular formula is C12H24N4. The van der Waals surface area contributed by atoms with Gasteiger partial charge in [-0.05, 0) is 26.1 Å². The maximum atomic E-state index is 4.32. The van der Waals surface area contributed by atoms with Gasteiger partial charge in [0.25, 0.3) is 0 Å². The summed E-state index contributed by atoms with van der Waals surface area (Å²) in [4.78, 5) is 2.42. The van der Waals surface area contributed by atoms with E-state index in [-0.39, 0.29) is 0 Å². The summed E-state index contributed by atoms with van der Waals surface area (Å²) in [5.41, 5.74) is 2.33. The Hall–Kier alpha value is -0.870. The molecule has 1 heterocycles. The zero-order valence-electron chi connectivity index (χ0n) is 11.0. The van der Waals surface area contributed by atoms with E-state index in [4.69, 9.17) is 0 Å². The molecule has 92 valence electrons. The highest BCUT2D eigenvalue weighted by Gasteiger charge is 2.02. The maximum absolute atomic E-state index is 4.32. The van der Waals surface area contributed by atoms with E-state index >= 15 is 0 Å². The zero-order chi connectivity index (χ0) is 12.0. The van der Waals surface area contributed by atoms with Gasteiger partial charge in [0.15, 0.2) is 0 Å². The molecule has 0 spiro atoms. The molecule has 0 aliphatic heterocycles. The van der Waals surface area contributed by atoms with E-state index in [2.05, 4.69) is 35.2 Å². The second-order valence-electron chi connectivity index (χ2n) is 4.10. The summed E-state index contributed by atoms with van der Waals surface area (Å²) >= 11 is 0. The average Bonchev–Trinajstić information content (AvgIpc) is 2.58. The Labute approximate surface area is 98.6 Å². The molecule has 4 nitrogen and oxygen atoms in total. The van der Waals surface area contributed by atoms with Crippen LogP contribution in [0.2, 0.25) is 0 Å². The second kappa shape index (κ2) is 6.66. The monoisotopic (exact) mass is 224 g/mol. The number of nitrogens with zero attached hydrogens (tertiary/aromatic N) is 3. The van der Waals surface area contributed by atoms with Crippen molar-refractivity contribution in [3.63, 3.8) is 0 Å². The first kappa shape index (κ1) is 13.2. The van der Waals surface area contributed by atoms with Crippen LogP contribution < -0.4 is 5.32 Å². The average molecular weight is 224 g/mol. The van der Waals surface area contributed by atoms with Crippen LogP contribution in [0.15, 0.2) is 6.07 Å². The Morgan fingerprint density at radius 3 is 2.56 bits per heavy atom. The van der Waals surface area contributed by atoms with E-state index in [0.717, 1.165) is 38.4 Å². The van der Waals surface area contributed by atoms with Gasteiger partial charge in [-0.25, -0.2) is 0 Å². The Balaban J connectivity index is 2.23. The van der Waals surface area contributed by atoms with Gasteiger partial charge in [-0.1, -0.05) is 13.8 Å². The third-order valence-corrected chi connectivity index (χ3v) is 2.90. The van der Waals surface area contributed by atoms with Gasteiger partial charge < -0.3 is 10.2 Å². The van der Waals surface area contributed by atoms with Gasteiger partial charge in [0.1, 0.15) is 0 Å². The second-order valence-corrected chi connectivity index (χ2v) is 4.10. The SMILES string of the molecule is CCN(CC)CCNCc1cc(C)nn1C. The third kappa shape index (κ3) is 3.94. The van der Waals surface area contributed by atoms with Gasteiger partial charge in [0.05, 0.1) is 11.4 Å². The van der Waals surface area contributed by atoms with E-state index in [1.807, 2.05) is 18.7 Å². The molecule has 0 saturated carbocycles. The van der Waals surface area contributed by atoms with Crippen LogP contribution >= 0.6 is 0 Å². The number of aryl methyl sites for hydroxylation is 2. The summed E-state index contributed by atoms with van der Waals surface area (Å²) in [6, 6.07) is 2.13. The quantitative estimate of drug-likeness (QED) is 0.706. The molecule has 1 aromatic heterocycles. The predicted molar refractivity (Wildman–Crippen MR) is 67.4 cm³/mol. The van der Waals surface area contributed by atoms with E-state index in [1.54, 1.807) is 0 Å². The zero-order valence-corrected chi connectivity index (χ0v) is 11.0. The Morgan fingerprint density at radius 2 is 2.06 bits per heavy atom. The van der Waals surface area contributed by atoms with Crippen molar-refractivity contribution in [3.05, 3.63) is 17.5 Å². The lowest BCUT2D eigenvalue weighted by molar-refractivity contribution is 0.301. The minimum Gasteiger partial charge on any atom is -0.310 e. The van der Waals surface area contributed by atoms with Crippen LogP contribution in [0.4, 0.5) is 0 Å². The van der Waals surface area contributed by atoms with E-state index in [1.165, 1.54) is 5.69 Å². The van der Waals surface area contributed by atoms with Crippen molar-refractivity contribution in [1.82, 2.24) is 20.0 Å². The summed E-state index contributed by atoms with van der Waals surface area (Å²) < 4.78 is 1.94. The molecule has 1 N–H and O–H groups in total. The van der Waals surface area contributed by atoms with E-state index in [9.17, 15) is 0 Å². The van der Waals surface area contributed by atoms with Crippen LogP contribution in [0.3, 0.4) is 0 Å². The molecule has 0 aliphatic carbocycles. The van der Waals surface area contributed by atoms with Crippen molar-refractivity contribution >= 4 is 0 Å². The van der Waals surface area contributed by atoms with E-state index < -0.39 is 0 Å². The first-order valence-electron chi connectivity index (χ1n) is 6.10. The fourth-order valence-electron chi connectivity index (χ4n) is 1.82. The van der Waals surface area contributed by atoms with Crippen molar-refractivity contribution in [2.24, 2.45) is 7.05 Å². The first-order chi connectivity index (χ1) is 7.67. The number of nitrogens with one attached hydrogen (secondary N) is 1. The number of likely N-dealkylation sites (N-methyl/N-ethyl adjacent to an activating group) is 1. The molecule has 4 heteroatoms. The topological polar surface area (TPSA) is 33.1 Å². The van der Waals surface area contributed by atoms with Crippen LogP contribution in [-0.2, 0) is 13.6 Å². The Morgan fingerprint density at radius 1 is 1.38 bits per heavy atom. The minimum absolute atomic E-state index is 0.901. The van der Waals surface area contributed by atoms with E-state index in [0.29, 0.717) is 0 Å². The standard InChI is InChI=1S/C12H24N4/c1-5-16(6-2)8-7-13-10-12-9-11(3)14-15(12)4/h9,13H,5-8,10H2,1-4H3. The number of hydrogen-bond acceptors (Lipinski definition) is 3. The predicted octanol–water partition coefficient (Wildman–Crippen LogP) is 1.16. The lowest BCUT2D eigenvalue weighted by atomic mass is 10.3. The number of rotatable bonds is 7. The van der Waals surface area contributed by atoms with Crippen LogP contribution in [0, 0.1) is 6.92 Å². The maximum Gasteiger partial charge on any atom is 0.0597 e. The lowest BCUT2D eigenvalue weighted by Crippen LogP contribution is -2.31. The smallest absolute Gasteiger partial charge is 0.0597 e. The van der Waals surface area contributed by atoms with Gasteiger partial charge in [0, 0.05) is 26.7 Å². The molecule has 1 rings (SSSR count). The minimum atomic E-state index is 0.901. The van der Waals surface area contributed by atoms with Crippen LogP contribution in [0.1, 0.15) is 25.2 Å². The number of aromatic nitrogens is 2. The molecule has 16 heavy (non-hydrogen) atoms. The summed E-state index contributed by atoms with van der Waals surface area (Å²) in [6.07, 6.45) is 0. The summed E-state index contributed by atoms with van der Waals surface area (Å²) in [7, 11) is 1.99. The van der Waals surface area contributed by atoms with Crippen LogP contribution in [-0.4, -0.2) is 40.9 Å². The highest BCUT2D eigenvalue weighted by Crippen LogP contribution is 2.00. The molecule has 0 fully saturated rings. The summed E-state index contributed by atoms with van der Waals surface area (Å²) in [5, 5.41) is 7.78. The highest BCUT2D eigenvalue weighted by atomic mass is 15.3. The Kier molecular flexibility index (Phi) is 5.49. The first-order valence-corrected chi connectivity index (χ1v) is 6.10. The van der Waals surface area contributed by atoms with Crippen molar-refractivity contribution in [2.75, 3.05) is 26.2 Å². The van der Waals surface area contributed by atoms with Crippen molar-refractivity contribution in [3.8, 4) is 0 Å². The van der Waals surface area contributed by atoms with Crippen LogP contribution in [0.5, 0.6) is 0 Å². The summed E-state index contributed by atoms with van der Waals surface area (Å²) in [5.74, 6) is 0. The molecule has 1 aromatic rings.